The summed E-state index contributed by atoms with van der Waals surface area (Å²) in [5.41, 5.74) is -2.19. The van der Waals surface area contributed by atoms with Crippen LogP contribution in [0.2, 0.25) is 0 Å². The molecule has 9 heteroatoms. The summed E-state index contributed by atoms with van der Waals surface area (Å²) in [5.74, 6) is -0.153. The average Bonchev–Trinajstić information content (AvgIpc) is 3.50. The first-order valence-electron chi connectivity index (χ1n) is 11.2. The zero-order chi connectivity index (χ0) is 24.0. The first-order chi connectivity index (χ1) is 15.4. The van der Waals surface area contributed by atoms with Crippen LogP contribution in [0.5, 0.6) is 0 Å². The maximum Gasteiger partial charge on any atom is 0.417 e. The Labute approximate surface area is 188 Å². The Morgan fingerprint density at radius 1 is 0.970 bits per heavy atom. The van der Waals surface area contributed by atoms with Gasteiger partial charge in [0.2, 0.25) is 0 Å². The molecule has 2 aliphatic carbocycles. The van der Waals surface area contributed by atoms with Crippen LogP contribution in [0.1, 0.15) is 72.1 Å². The van der Waals surface area contributed by atoms with Gasteiger partial charge in [0.15, 0.2) is 0 Å². The zero-order valence-corrected chi connectivity index (χ0v) is 18.2. The lowest BCUT2D eigenvalue weighted by atomic mass is 9.95. The minimum absolute atomic E-state index is 0.000163. The number of carbonyl (C=O) groups is 1. The Bertz CT molecular complexity index is 1030. The highest BCUT2D eigenvalue weighted by Crippen LogP contribution is 2.43. The van der Waals surface area contributed by atoms with E-state index in [1.54, 1.807) is 11.5 Å². The lowest BCUT2D eigenvalue weighted by molar-refractivity contribution is -0.141. The van der Waals surface area contributed by atoms with E-state index in [2.05, 4.69) is 5.32 Å². The van der Waals surface area contributed by atoms with Crippen molar-refractivity contribution < 1.29 is 31.1 Å². The molecule has 2 aromatic rings. The van der Waals surface area contributed by atoms with Crippen LogP contribution in [0, 0.1) is 12.8 Å². The molecule has 180 valence electrons. The van der Waals surface area contributed by atoms with Crippen molar-refractivity contribution in [3.8, 4) is 11.3 Å². The SMILES string of the molecule is Cc1c(C(=O)NC2CCCCC2)cc(-c2cc(C(F)(F)F)ccc2C(F)(F)F)n1CC1CC1. The summed E-state index contributed by atoms with van der Waals surface area (Å²) < 4.78 is 83.0. The number of rotatable bonds is 5. The summed E-state index contributed by atoms with van der Waals surface area (Å²) in [6, 6.07) is 2.79. The molecule has 1 aromatic heterocycles. The molecule has 1 amide bonds. The third-order valence-corrected chi connectivity index (χ3v) is 6.62. The van der Waals surface area contributed by atoms with E-state index in [9.17, 15) is 31.1 Å². The molecule has 0 radical (unpaired) electrons. The van der Waals surface area contributed by atoms with Gasteiger partial charge in [0.05, 0.1) is 16.7 Å². The summed E-state index contributed by atoms with van der Waals surface area (Å²) in [4.78, 5) is 13.0. The maximum absolute atomic E-state index is 13.8. The average molecular weight is 472 g/mol. The van der Waals surface area contributed by atoms with Crippen LogP contribution in [-0.4, -0.2) is 16.5 Å². The van der Waals surface area contributed by atoms with Crippen LogP contribution in [0.15, 0.2) is 24.3 Å². The van der Waals surface area contributed by atoms with E-state index in [-0.39, 0.29) is 23.2 Å². The number of amides is 1. The molecule has 0 spiro atoms. The van der Waals surface area contributed by atoms with Crippen molar-refractivity contribution in [2.75, 3.05) is 0 Å². The van der Waals surface area contributed by atoms with E-state index in [0.29, 0.717) is 30.4 Å². The van der Waals surface area contributed by atoms with Gasteiger partial charge in [0.1, 0.15) is 0 Å². The lowest BCUT2D eigenvalue weighted by Crippen LogP contribution is -2.36. The van der Waals surface area contributed by atoms with Crippen molar-refractivity contribution in [1.29, 1.82) is 0 Å². The molecule has 0 aliphatic heterocycles. The minimum atomic E-state index is -4.84. The first-order valence-corrected chi connectivity index (χ1v) is 11.2. The number of benzene rings is 1. The third-order valence-electron chi connectivity index (χ3n) is 6.62. The fourth-order valence-electron chi connectivity index (χ4n) is 4.58. The quantitative estimate of drug-likeness (QED) is 0.469. The highest BCUT2D eigenvalue weighted by Gasteiger charge is 2.39. The van der Waals surface area contributed by atoms with Crippen LogP contribution in [0.25, 0.3) is 11.3 Å². The van der Waals surface area contributed by atoms with Gasteiger partial charge in [-0.15, -0.1) is 0 Å². The highest BCUT2D eigenvalue weighted by atomic mass is 19.4. The van der Waals surface area contributed by atoms with Crippen LogP contribution in [0.3, 0.4) is 0 Å². The van der Waals surface area contributed by atoms with Crippen molar-refractivity contribution in [1.82, 2.24) is 9.88 Å². The molecule has 1 heterocycles. The van der Waals surface area contributed by atoms with E-state index >= 15 is 0 Å². The first kappa shape index (κ1) is 23.7. The van der Waals surface area contributed by atoms with Crippen LogP contribution in [-0.2, 0) is 18.9 Å². The third kappa shape index (κ3) is 5.22. The van der Waals surface area contributed by atoms with Gasteiger partial charge in [-0.2, -0.15) is 26.3 Å². The molecule has 0 bridgehead atoms. The summed E-state index contributed by atoms with van der Waals surface area (Å²) in [5, 5.41) is 2.96. The van der Waals surface area contributed by atoms with Gasteiger partial charge in [-0.3, -0.25) is 4.79 Å². The van der Waals surface area contributed by atoms with Crippen molar-refractivity contribution in [2.45, 2.75) is 76.8 Å². The Morgan fingerprint density at radius 3 is 2.21 bits per heavy atom. The number of nitrogens with one attached hydrogen (secondary N) is 1. The number of alkyl halides is 6. The van der Waals surface area contributed by atoms with Gasteiger partial charge in [0, 0.05) is 29.5 Å². The molecule has 1 aromatic carbocycles. The molecular weight excluding hydrogens is 446 g/mol. The molecule has 2 fully saturated rings. The number of hydrogen-bond donors (Lipinski definition) is 1. The maximum atomic E-state index is 13.8. The molecule has 0 unspecified atom stereocenters. The monoisotopic (exact) mass is 472 g/mol. The smallest absolute Gasteiger partial charge is 0.349 e. The number of halogens is 6. The van der Waals surface area contributed by atoms with Gasteiger partial charge >= 0.3 is 12.4 Å². The fourth-order valence-corrected chi connectivity index (χ4v) is 4.58. The van der Waals surface area contributed by atoms with Gasteiger partial charge in [-0.25, -0.2) is 0 Å². The van der Waals surface area contributed by atoms with Gasteiger partial charge in [0.25, 0.3) is 5.91 Å². The molecule has 1 N–H and O–H groups in total. The van der Waals surface area contributed by atoms with Crippen LogP contribution >= 0.6 is 0 Å². The van der Waals surface area contributed by atoms with E-state index in [0.717, 1.165) is 44.9 Å². The van der Waals surface area contributed by atoms with Gasteiger partial charge in [-0.1, -0.05) is 19.3 Å². The standard InChI is InChI=1S/C24H26F6N2O/c1-14-18(22(33)31-17-5-3-2-4-6-17)12-21(32(14)13-15-7-8-15)19-11-16(23(25,26)27)9-10-20(19)24(28,29)30/h9-12,15,17H,2-8,13H2,1H3,(H,31,33). The van der Waals surface area contributed by atoms with Crippen LogP contribution < -0.4 is 5.32 Å². The van der Waals surface area contributed by atoms with Crippen molar-refractivity contribution >= 4 is 5.91 Å². The van der Waals surface area contributed by atoms with E-state index in [1.165, 1.54) is 6.07 Å². The van der Waals surface area contributed by atoms with E-state index < -0.39 is 35.0 Å². The van der Waals surface area contributed by atoms with Gasteiger partial charge in [-0.05, 0) is 62.8 Å². The van der Waals surface area contributed by atoms with E-state index in [4.69, 9.17) is 0 Å². The Balaban J connectivity index is 1.81. The number of aromatic nitrogens is 1. The summed E-state index contributed by atoms with van der Waals surface area (Å²) in [6.07, 6.45) is -3.06. The zero-order valence-electron chi connectivity index (χ0n) is 18.2. The fraction of sp³-hybridized carbons (Fsp3) is 0.542. The summed E-state index contributed by atoms with van der Waals surface area (Å²) in [6.45, 7) is 2.01. The van der Waals surface area contributed by atoms with Crippen molar-refractivity contribution in [2.24, 2.45) is 5.92 Å². The Morgan fingerprint density at radius 2 is 1.64 bits per heavy atom. The molecule has 4 rings (SSSR count). The van der Waals surface area contributed by atoms with Crippen LogP contribution in [0.4, 0.5) is 26.3 Å². The number of nitrogens with zero attached hydrogens (tertiary/aromatic N) is 1. The van der Waals surface area contributed by atoms with E-state index in [1.807, 2.05) is 0 Å². The molecule has 2 saturated carbocycles. The number of carbonyl (C=O) groups excluding carboxylic acids is 1. The second kappa shape index (κ2) is 8.72. The molecule has 33 heavy (non-hydrogen) atoms. The second-order valence-electron chi connectivity index (χ2n) is 9.15. The molecule has 2 aliphatic rings. The highest BCUT2D eigenvalue weighted by molar-refractivity contribution is 5.97. The lowest BCUT2D eigenvalue weighted by Gasteiger charge is -2.22. The second-order valence-corrected chi connectivity index (χ2v) is 9.15. The Kier molecular flexibility index (Phi) is 6.26. The normalized spacial score (nSPS) is 17.9. The molecular formula is C24H26F6N2O. The van der Waals surface area contributed by atoms with Crippen molar-refractivity contribution in [3.63, 3.8) is 0 Å². The molecule has 3 nitrogen and oxygen atoms in total. The number of hydrogen-bond acceptors (Lipinski definition) is 1. The predicted molar refractivity (Wildman–Crippen MR) is 112 cm³/mol. The molecule has 0 atom stereocenters. The minimum Gasteiger partial charge on any atom is -0.349 e. The largest absolute Gasteiger partial charge is 0.417 e. The topological polar surface area (TPSA) is 34.0 Å². The van der Waals surface area contributed by atoms with Gasteiger partial charge < -0.3 is 9.88 Å². The molecule has 0 saturated heterocycles. The Hall–Kier alpha value is -2.45. The van der Waals surface area contributed by atoms with Crippen molar-refractivity contribution in [3.05, 3.63) is 46.6 Å². The summed E-state index contributed by atoms with van der Waals surface area (Å²) >= 11 is 0. The summed E-state index contributed by atoms with van der Waals surface area (Å²) in [7, 11) is 0. The predicted octanol–water partition coefficient (Wildman–Crippen LogP) is 6.97.